The van der Waals surface area contributed by atoms with Crippen molar-refractivity contribution in [2.45, 2.75) is 6.92 Å². The molecule has 3 N–H and O–H groups in total. The second kappa shape index (κ2) is 2.41. The maximum atomic E-state index is 5.71. The number of nitrogen functional groups attached to an aromatic ring is 1. The van der Waals surface area contributed by atoms with Gasteiger partial charge >= 0.3 is 0 Å². The Morgan fingerprint density at radius 3 is 2.73 bits per heavy atom. The summed E-state index contributed by atoms with van der Waals surface area (Å²) in [5, 5.41) is 18.1. The van der Waals surface area contributed by atoms with Crippen LogP contribution in [0.2, 0.25) is 0 Å². The molecule has 0 amide bonds. The monoisotopic (exact) mass is 200 g/mol. The van der Waals surface area contributed by atoms with E-state index in [2.05, 4.69) is 32.0 Å². The lowest BCUT2D eigenvalue weighted by molar-refractivity contribution is 1.05. The smallest absolute Gasteiger partial charge is 0.164 e. The molecule has 15 heavy (non-hydrogen) atoms. The van der Waals surface area contributed by atoms with E-state index in [1.807, 2.05) is 6.92 Å². The van der Waals surface area contributed by atoms with Crippen LogP contribution >= 0.6 is 0 Å². The van der Waals surface area contributed by atoms with Crippen LogP contribution in [0.15, 0.2) is 0 Å². The minimum absolute atomic E-state index is 0.383. The number of anilines is 1. The third-order valence-corrected chi connectivity index (χ3v) is 2.46. The molecule has 0 saturated carbocycles. The van der Waals surface area contributed by atoms with Crippen LogP contribution in [0.5, 0.6) is 0 Å². The summed E-state index contributed by atoms with van der Waals surface area (Å²) < 4.78 is 0. The van der Waals surface area contributed by atoms with Crippen molar-refractivity contribution in [3.05, 3.63) is 11.0 Å². The summed E-state index contributed by atoms with van der Waals surface area (Å²) in [4.78, 5) is 3.04. The average Bonchev–Trinajstić information content (AvgIpc) is 2.72. The van der Waals surface area contributed by atoms with Crippen molar-refractivity contribution in [2.24, 2.45) is 0 Å². The van der Waals surface area contributed by atoms with E-state index in [0.29, 0.717) is 22.3 Å². The number of hydrogen-bond donors (Lipinski definition) is 2. The first-order valence-corrected chi connectivity index (χ1v) is 4.44. The largest absolute Gasteiger partial charge is 0.382 e. The molecule has 6 heteroatoms. The molecule has 0 saturated heterocycles. The minimum atomic E-state index is 0.383. The molecular weight excluding hydrogens is 192 g/mol. The number of H-pyrrole nitrogens is 1. The third-order valence-electron chi connectivity index (χ3n) is 2.46. The van der Waals surface area contributed by atoms with E-state index >= 15 is 0 Å². The van der Waals surface area contributed by atoms with Crippen molar-refractivity contribution in [1.82, 2.24) is 25.4 Å². The zero-order valence-corrected chi connectivity index (χ0v) is 8.07. The fourth-order valence-electron chi connectivity index (χ4n) is 1.77. The van der Waals surface area contributed by atoms with Crippen molar-refractivity contribution < 1.29 is 0 Å². The zero-order chi connectivity index (χ0) is 10.6. The molecule has 3 heterocycles. The predicted octanol–water partition coefficient (Wildman–Crippen LogP) is -0.0791. The molecule has 0 radical (unpaired) electrons. The summed E-state index contributed by atoms with van der Waals surface area (Å²) in [6.07, 6.45) is 0. The zero-order valence-electron chi connectivity index (χ0n) is 8.07. The fourth-order valence-corrected chi connectivity index (χ4v) is 1.77. The average molecular weight is 200 g/mol. The van der Waals surface area contributed by atoms with Crippen molar-refractivity contribution in [3.8, 4) is 0 Å². The van der Waals surface area contributed by atoms with Gasteiger partial charge < -0.3 is 10.7 Å². The lowest BCUT2D eigenvalue weighted by Crippen LogP contribution is -2.06. The van der Waals surface area contributed by atoms with E-state index in [9.17, 15) is 0 Å². The van der Waals surface area contributed by atoms with E-state index in [-0.39, 0.29) is 0 Å². The Hall–Kier alpha value is -2.24. The predicted molar refractivity (Wildman–Crippen MR) is 56.9 cm³/mol. The van der Waals surface area contributed by atoms with Crippen LogP contribution in [-0.4, -0.2) is 25.4 Å². The highest BCUT2D eigenvalue weighted by Crippen LogP contribution is 2.22. The molecule has 6 nitrogen and oxygen atoms in total. The van der Waals surface area contributed by atoms with Crippen LogP contribution < -0.4 is 11.1 Å². The summed E-state index contributed by atoms with van der Waals surface area (Å²) in [6.45, 7) is 5.73. The summed E-state index contributed by atoms with van der Waals surface area (Å²) in [5.74, 6) is 0.383. The second-order valence-electron chi connectivity index (χ2n) is 3.42. The lowest BCUT2D eigenvalue weighted by atomic mass is 10.2. The molecule has 0 aliphatic rings. The van der Waals surface area contributed by atoms with E-state index < -0.39 is 0 Å². The lowest BCUT2D eigenvalue weighted by Gasteiger charge is -1.94. The number of rotatable bonds is 0. The number of pyridine rings is 1. The molecule has 0 atom stereocenters. The Bertz CT molecular complexity index is 713. The van der Waals surface area contributed by atoms with Crippen molar-refractivity contribution in [3.63, 3.8) is 0 Å². The van der Waals surface area contributed by atoms with E-state index in [0.717, 1.165) is 16.5 Å². The summed E-state index contributed by atoms with van der Waals surface area (Å²) in [6, 6.07) is 0. The Morgan fingerprint density at radius 2 is 1.93 bits per heavy atom. The van der Waals surface area contributed by atoms with Crippen LogP contribution in [0.25, 0.3) is 28.5 Å². The number of nitrogens with one attached hydrogen (secondary N) is 1. The first-order chi connectivity index (χ1) is 7.18. The molecule has 3 rings (SSSR count). The maximum Gasteiger partial charge on any atom is 0.164 e. The quantitative estimate of drug-likeness (QED) is 0.529. The molecule has 0 unspecified atom stereocenters. The highest BCUT2D eigenvalue weighted by Gasteiger charge is 2.13. The van der Waals surface area contributed by atoms with E-state index in [4.69, 9.17) is 5.73 Å². The highest BCUT2D eigenvalue weighted by atomic mass is 15.2. The standard InChI is InChI=1S/C9H8N6/c1-3-5-7(13-14-8(5)10)6-4(2)12-15-9(6)11-3/h1,10H2,2H3,(H,11,15). The van der Waals surface area contributed by atoms with Gasteiger partial charge in [0.05, 0.1) is 16.5 Å². The molecule has 0 aliphatic carbocycles. The number of aromatic nitrogens is 5. The van der Waals surface area contributed by atoms with Gasteiger partial charge in [0.2, 0.25) is 0 Å². The van der Waals surface area contributed by atoms with Gasteiger partial charge in [-0.05, 0) is 6.92 Å². The van der Waals surface area contributed by atoms with Crippen LogP contribution in [0, 0.1) is 6.92 Å². The second-order valence-corrected chi connectivity index (χ2v) is 3.42. The first-order valence-electron chi connectivity index (χ1n) is 4.44. The van der Waals surface area contributed by atoms with Crippen LogP contribution in [0.4, 0.5) is 5.82 Å². The summed E-state index contributed by atoms with van der Waals surface area (Å²) >= 11 is 0. The number of nitrogens with zero attached hydrogens (tertiary/aromatic N) is 4. The van der Waals surface area contributed by atoms with E-state index in [1.165, 1.54) is 0 Å². The van der Waals surface area contributed by atoms with Crippen molar-refractivity contribution in [1.29, 1.82) is 0 Å². The number of hydrogen-bond acceptors (Lipinski definition) is 5. The molecule has 0 aliphatic heterocycles. The van der Waals surface area contributed by atoms with Crippen molar-refractivity contribution >= 4 is 34.3 Å². The summed E-state index contributed by atoms with van der Waals surface area (Å²) in [7, 11) is 0. The number of aromatic amines is 1. The molecule has 0 bridgehead atoms. The molecule has 74 valence electrons. The normalized spacial score (nSPS) is 11.5. The number of aryl methyl sites for hydroxylation is 1. The van der Waals surface area contributed by atoms with Gasteiger partial charge in [0.25, 0.3) is 0 Å². The van der Waals surface area contributed by atoms with Gasteiger partial charge in [-0.1, -0.05) is 6.58 Å². The molecular formula is C9H8N6. The number of nitrogens with two attached hydrogens (primary N) is 1. The first kappa shape index (κ1) is 8.10. The fraction of sp³-hybridized carbons (Fsp3) is 0.111. The Kier molecular flexibility index (Phi) is 1.30. The Morgan fingerprint density at radius 1 is 1.13 bits per heavy atom. The van der Waals surface area contributed by atoms with Gasteiger partial charge in [-0.15, -0.1) is 15.3 Å². The molecule has 0 spiro atoms. The van der Waals surface area contributed by atoms with Crippen LogP contribution in [0.3, 0.4) is 0 Å². The van der Waals surface area contributed by atoms with Gasteiger partial charge in [-0.3, -0.25) is 0 Å². The molecule has 3 aromatic heterocycles. The summed E-state index contributed by atoms with van der Waals surface area (Å²) in [5.41, 5.74) is 7.91. The Labute approximate surface area is 84.2 Å². The van der Waals surface area contributed by atoms with Gasteiger partial charge in [0, 0.05) is 5.35 Å². The van der Waals surface area contributed by atoms with Gasteiger partial charge in [0.15, 0.2) is 11.5 Å². The van der Waals surface area contributed by atoms with Gasteiger partial charge in [-0.25, -0.2) is 0 Å². The number of fused-ring (bicyclic) bond motifs is 3. The van der Waals surface area contributed by atoms with E-state index in [1.54, 1.807) is 0 Å². The highest BCUT2D eigenvalue weighted by molar-refractivity contribution is 6.06. The molecule has 3 aromatic rings. The van der Waals surface area contributed by atoms with Crippen LogP contribution in [0.1, 0.15) is 5.69 Å². The van der Waals surface area contributed by atoms with Crippen LogP contribution in [-0.2, 0) is 0 Å². The third kappa shape index (κ3) is 0.876. The SMILES string of the molecule is C=c1[nH]c2nnc(C)c2c2nnc(N)c12. The van der Waals surface area contributed by atoms with Gasteiger partial charge in [0.1, 0.15) is 5.52 Å². The maximum absolute atomic E-state index is 5.71. The van der Waals surface area contributed by atoms with Gasteiger partial charge in [-0.2, -0.15) is 5.10 Å². The molecule has 0 aromatic carbocycles. The molecule has 0 fully saturated rings. The topological polar surface area (TPSA) is 93.4 Å². The minimum Gasteiger partial charge on any atom is -0.382 e. The Balaban J connectivity index is 2.75. The van der Waals surface area contributed by atoms with Crippen molar-refractivity contribution in [2.75, 3.05) is 5.73 Å².